The molecule has 0 unspecified atom stereocenters. The number of carbonyl (C=O) groups is 1. The molecule has 1 aliphatic rings. The van der Waals surface area contributed by atoms with Gasteiger partial charge in [0.05, 0.1) is 11.0 Å². The molecule has 2 N–H and O–H groups in total. The van der Waals surface area contributed by atoms with E-state index in [1.165, 1.54) is 0 Å². The maximum Gasteiger partial charge on any atom is 0.328 e. The number of aromatic amines is 1. The first kappa shape index (κ1) is 14.7. The van der Waals surface area contributed by atoms with Gasteiger partial charge in [0.15, 0.2) is 5.69 Å². The second-order valence-electron chi connectivity index (χ2n) is 6.29. The Hall–Kier alpha value is -2.83. The van der Waals surface area contributed by atoms with E-state index in [0.29, 0.717) is 12.2 Å². The van der Waals surface area contributed by atoms with Crippen molar-refractivity contribution < 1.29 is 4.79 Å². The minimum absolute atomic E-state index is 0.0572. The van der Waals surface area contributed by atoms with E-state index < -0.39 is 0 Å². The monoisotopic (exact) mass is 325 g/mol. The van der Waals surface area contributed by atoms with Crippen molar-refractivity contribution in [2.24, 2.45) is 14.1 Å². The molecule has 0 aliphatic heterocycles. The number of hydrogen-bond donors (Lipinski definition) is 2. The summed E-state index contributed by atoms with van der Waals surface area (Å²) < 4.78 is 3.23. The maximum atomic E-state index is 12.4. The molecule has 0 fully saturated rings. The Morgan fingerprint density at radius 2 is 2.04 bits per heavy atom. The molecule has 0 bridgehead atoms. The van der Waals surface area contributed by atoms with Gasteiger partial charge in [-0.25, -0.2) is 4.79 Å². The Kier molecular flexibility index (Phi) is 3.30. The van der Waals surface area contributed by atoms with Crippen molar-refractivity contribution in [2.45, 2.75) is 25.8 Å². The fourth-order valence-electron chi connectivity index (χ4n) is 3.44. The van der Waals surface area contributed by atoms with Crippen LogP contribution in [0.2, 0.25) is 0 Å². The van der Waals surface area contributed by atoms with Crippen molar-refractivity contribution in [1.29, 1.82) is 0 Å². The van der Waals surface area contributed by atoms with Gasteiger partial charge in [0.2, 0.25) is 0 Å². The molecule has 0 saturated heterocycles. The zero-order chi connectivity index (χ0) is 16.8. The number of imidazole rings is 1. The summed E-state index contributed by atoms with van der Waals surface area (Å²) in [5.74, 6) is -0.156. The number of H-pyrrole nitrogens is 1. The van der Waals surface area contributed by atoms with Crippen LogP contribution in [-0.4, -0.2) is 25.2 Å². The minimum atomic E-state index is -0.156. The highest BCUT2D eigenvalue weighted by Gasteiger charge is 2.22. The van der Waals surface area contributed by atoms with Crippen LogP contribution in [0.15, 0.2) is 23.0 Å². The van der Waals surface area contributed by atoms with Gasteiger partial charge in [-0.3, -0.25) is 19.0 Å². The van der Waals surface area contributed by atoms with Gasteiger partial charge in [-0.1, -0.05) is 6.07 Å². The molecule has 24 heavy (non-hydrogen) atoms. The number of fused-ring (bicyclic) bond motifs is 2. The number of hydrogen-bond acceptors (Lipinski definition) is 3. The number of benzene rings is 1. The Morgan fingerprint density at radius 1 is 1.25 bits per heavy atom. The summed E-state index contributed by atoms with van der Waals surface area (Å²) in [6, 6.07) is 5.77. The Balaban J connectivity index is 1.55. The second-order valence-corrected chi connectivity index (χ2v) is 6.29. The van der Waals surface area contributed by atoms with Crippen LogP contribution in [0.4, 0.5) is 0 Å². The van der Waals surface area contributed by atoms with E-state index in [2.05, 4.69) is 15.5 Å². The number of nitrogens with zero attached hydrogens (tertiary/aromatic N) is 3. The van der Waals surface area contributed by atoms with E-state index >= 15 is 0 Å². The van der Waals surface area contributed by atoms with Crippen LogP contribution >= 0.6 is 0 Å². The van der Waals surface area contributed by atoms with E-state index in [4.69, 9.17) is 0 Å². The first-order chi connectivity index (χ1) is 11.6. The smallest absolute Gasteiger partial charge is 0.328 e. The molecule has 2 aromatic heterocycles. The zero-order valence-corrected chi connectivity index (χ0v) is 13.7. The molecule has 7 nitrogen and oxygen atoms in total. The molecule has 0 spiro atoms. The van der Waals surface area contributed by atoms with E-state index in [0.717, 1.165) is 47.1 Å². The largest absolute Gasteiger partial charge is 0.347 e. The van der Waals surface area contributed by atoms with Gasteiger partial charge in [0.25, 0.3) is 5.91 Å². The van der Waals surface area contributed by atoms with Crippen molar-refractivity contribution in [1.82, 2.24) is 24.6 Å². The third-order valence-corrected chi connectivity index (χ3v) is 4.81. The van der Waals surface area contributed by atoms with Crippen molar-refractivity contribution in [3.8, 4) is 0 Å². The normalized spacial score (nSPS) is 13.4. The highest BCUT2D eigenvalue weighted by molar-refractivity contribution is 5.94. The van der Waals surface area contributed by atoms with Crippen LogP contribution in [-0.2, 0) is 33.5 Å². The number of aromatic nitrogens is 4. The van der Waals surface area contributed by atoms with Crippen LogP contribution < -0.4 is 11.0 Å². The van der Waals surface area contributed by atoms with Gasteiger partial charge < -0.3 is 5.32 Å². The maximum absolute atomic E-state index is 12.4. The number of aryl methyl sites for hydroxylation is 3. The fraction of sp³-hybridized carbons (Fsp3) is 0.353. The SMILES string of the molecule is Cn1c(=O)n(C)c2cc(CNC(=O)c3n[nH]c4c3CCC4)ccc21. The molecule has 1 aromatic carbocycles. The number of carbonyl (C=O) groups excluding carboxylic acids is 1. The third kappa shape index (κ3) is 2.16. The highest BCUT2D eigenvalue weighted by Crippen LogP contribution is 2.22. The summed E-state index contributed by atoms with van der Waals surface area (Å²) in [5, 5.41) is 10.0. The summed E-state index contributed by atoms with van der Waals surface area (Å²) in [4.78, 5) is 24.3. The predicted octanol–water partition coefficient (Wildman–Crippen LogP) is 1.02. The lowest BCUT2D eigenvalue weighted by Crippen LogP contribution is -2.24. The van der Waals surface area contributed by atoms with Gasteiger partial charge in [-0.15, -0.1) is 0 Å². The molecule has 0 atom stereocenters. The van der Waals surface area contributed by atoms with Crippen molar-refractivity contribution in [3.63, 3.8) is 0 Å². The molecule has 4 rings (SSSR count). The molecule has 0 radical (unpaired) electrons. The van der Waals surface area contributed by atoms with Crippen LogP contribution in [0.3, 0.4) is 0 Å². The van der Waals surface area contributed by atoms with E-state index in [1.807, 2.05) is 18.2 Å². The Morgan fingerprint density at radius 3 is 2.88 bits per heavy atom. The van der Waals surface area contributed by atoms with Gasteiger partial charge >= 0.3 is 5.69 Å². The number of amides is 1. The van der Waals surface area contributed by atoms with Crippen LogP contribution in [0, 0.1) is 0 Å². The quantitative estimate of drug-likeness (QED) is 0.754. The Bertz CT molecular complexity index is 1010. The minimum Gasteiger partial charge on any atom is -0.347 e. The number of rotatable bonds is 3. The van der Waals surface area contributed by atoms with E-state index in [9.17, 15) is 9.59 Å². The van der Waals surface area contributed by atoms with Gasteiger partial charge in [0, 0.05) is 31.9 Å². The van der Waals surface area contributed by atoms with Crippen molar-refractivity contribution in [2.75, 3.05) is 0 Å². The van der Waals surface area contributed by atoms with Crippen LogP contribution in [0.25, 0.3) is 11.0 Å². The summed E-state index contributed by atoms with van der Waals surface area (Å²) in [6.07, 6.45) is 2.95. The summed E-state index contributed by atoms with van der Waals surface area (Å²) in [5.41, 5.74) is 5.27. The molecule has 2 heterocycles. The van der Waals surface area contributed by atoms with Crippen LogP contribution in [0.5, 0.6) is 0 Å². The van der Waals surface area contributed by atoms with Gasteiger partial charge in [0.1, 0.15) is 0 Å². The molecule has 3 aromatic rings. The van der Waals surface area contributed by atoms with Crippen LogP contribution in [0.1, 0.15) is 33.7 Å². The van der Waals surface area contributed by atoms with Crippen molar-refractivity contribution >= 4 is 16.9 Å². The lowest BCUT2D eigenvalue weighted by molar-refractivity contribution is 0.0945. The van der Waals surface area contributed by atoms with E-state index in [1.54, 1.807) is 23.2 Å². The Labute approximate surface area is 138 Å². The topological polar surface area (TPSA) is 84.7 Å². The fourth-order valence-corrected chi connectivity index (χ4v) is 3.44. The van der Waals surface area contributed by atoms with Gasteiger partial charge in [-0.2, -0.15) is 5.10 Å². The summed E-state index contributed by atoms with van der Waals surface area (Å²) in [6.45, 7) is 0.402. The summed E-state index contributed by atoms with van der Waals surface area (Å²) in [7, 11) is 3.50. The van der Waals surface area contributed by atoms with E-state index in [-0.39, 0.29) is 11.6 Å². The first-order valence-electron chi connectivity index (χ1n) is 8.05. The standard InChI is InChI=1S/C17H19N5O2/c1-21-13-7-6-10(8-14(13)22(2)17(21)24)9-18-16(23)15-11-4-3-5-12(11)19-20-15/h6-8H,3-5,9H2,1-2H3,(H,18,23)(H,19,20). The number of nitrogens with one attached hydrogen (secondary N) is 2. The third-order valence-electron chi connectivity index (χ3n) is 4.81. The molecule has 124 valence electrons. The lowest BCUT2D eigenvalue weighted by atomic mass is 10.1. The summed E-state index contributed by atoms with van der Waals surface area (Å²) >= 11 is 0. The highest BCUT2D eigenvalue weighted by atomic mass is 16.2. The lowest BCUT2D eigenvalue weighted by Gasteiger charge is -2.05. The predicted molar refractivity (Wildman–Crippen MR) is 89.9 cm³/mol. The van der Waals surface area contributed by atoms with Crippen molar-refractivity contribution in [3.05, 3.63) is 51.2 Å². The first-order valence-corrected chi connectivity index (χ1v) is 8.05. The molecule has 0 saturated carbocycles. The molecule has 7 heteroatoms. The average molecular weight is 325 g/mol. The molecule has 1 amide bonds. The molecule has 1 aliphatic carbocycles. The second kappa shape index (κ2) is 5.36. The molecular weight excluding hydrogens is 306 g/mol. The molecular formula is C17H19N5O2. The average Bonchev–Trinajstić information content (AvgIpc) is 3.25. The van der Waals surface area contributed by atoms with Gasteiger partial charge in [-0.05, 0) is 37.0 Å². The zero-order valence-electron chi connectivity index (χ0n) is 13.7.